The molecule has 0 bridgehead atoms. The first-order valence-corrected chi connectivity index (χ1v) is 6.04. The molecule has 0 spiro atoms. The summed E-state index contributed by atoms with van der Waals surface area (Å²) in [6.45, 7) is 2.50. The van der Waals surface area contributed by atoms with E-state index in [2.05, 4.69) is 4.72 Å². The molecule has 1 saturated carbocycles. The van der Waals surface area contributed by atoms with E-state index in [1.54, 1.807) is 6.07 Å². The molecule has 4 nitrogen and oxygen atoms in total. The molecule has 1 aliphatic rings. The summed E-state index contributed by atoms with van der Waals surface area (Å²) in [5.74, 6) is 0.642. The maximum atomic E-state index is 11.0. The van der Waals surface area contributed by atoms with Crippen LogP contribution >= 0.6 is 0 Å². The molecule has 13 heavy (non-hydrogen) atoms. The van der Waals surface area contributed by atoms with Crippen molar-refractivity contribution in [1.82, 2.24) is 4.72 Å². The topological polar surface area (TPSA) is 70.0 Å². The average Bonchev–Trinajstić information content (AvgIpc) is 2.82. The monoisotopic (exact) mass is 202 g/mol. The molecular formula is C8H14N2O2S. The van der Waals surface area contributed by atoms with Crippen molar-refractivity contribution in [3.63, 3.8) is 0 Å². The summed E-state index contributed by atoms with van der Waals surface area (Å²) in [6.07, 6.45) is 2.42. The highest BCUT2D eigenvalue weighted by atomic mass is 32.2. The van der Waals surface area contributed by atoms with Crippen LogP contribution in [0.5, 0.6) is 0 Å². The third kappa shape index (κ3) is 3.75. The molecule has 0 saturated heterocycles. The molecule has 1 fully saturated rings. The Hall–Kier alpha value is -0.600. The van der Waals surface area contributed by atoms with Gasteiger partial charge < -0.3 is 0 Å². The van der Waals surface area contributed by atoms with Crippen molar-refractivity contribution in [2.75, 3.05) is 12.3 Å². The van der Waals surface area contributed by atoms with E-state index in [0.29, 0.717) is 18.4 Å². The van der Waals surface area contributed by atoms with Gasteiger partial charge in [-0.25, -0.2) is 13.1 Å². The fourth-order valence-electron chi connectivity index (χ4n) is 1.23. The normalized spacial score (nSPS) is 19.4. The van der Waals surface area contributed by atoms with Crippen molar-refractivity contribution in [1.29, 1.82) is 5.26 Å². The second-order valence-corrected chi connectivity index (χ2v) is 5.39. The molecule has 1 rings (SSSR count). The third-order valence-corrected chi connectivity index (χ3v) is 3.42. The Bertz CT molecular complexity index is 301. The molecule has 0 aromatic carbocycles. The number of nitrogens with zero attached hydrogens (tertiary/aromatic N) is 1. The van der Waals surface area contributed by atoms with Gasteiger partial charge in [-0.2, -0.15) is 5.26 Å². The van der Waals surface area contributed by atoms with Gasteiger partial charge in [-0.3, -0.25) is 0 Å². The average molecular weight is 202 g/mol. The van der Waals surface area contributed by atoms with Gasteiger partial charge in [-0.1, -0.05) is 6.92 Å². The smallest absolute Gasteiger partial charge is 0.214 e. The van der Waals surface area contributed by atoms with Crippen LogP contribution < -0.4 is 4.72 Å². The van der Waals surface area contributed by atoms with Crippen LogP contribution in [0.2, 0.25) is 0 Å². The molecule has 1 atom stereocenters. The third-order valence-electron chi connectivity index (χ3n) is 2.31. The van der Waals surface area contributed by atoms with Crippen LogP contribution in [0.1, 0.15) is 19.8 Å². The maximum Gasteiger partial charge on any atom is 0.225 e. The second-order valence-electron chi connectivity index (χ2n) is 3.58. The van der Waals surface area contributed by atoms with Crippen LogP contribution in [0.15, 0.2) is 0 Å². The summed E-state index contributed by atoms with van der Waals surface area (Å²) in [5.41, 5.74) is 0. The number of nitriles is 1. The molecule has 0 radical (unpaired) electrons. The molecule has 74 valence electrons. The first-order valence-electron chi connectivity index (χ1n) is 4.39. The SMILES string of the molecule is CC(CNS(=O)(=O)CC#N)C1CC1. The number of hydrogen-bond acceptors (Lipinski definition) is 3. The Kier molecular flexibility index (Phi) is 3.28. The Morgan fingerprint density at radius 1 is 1.62 bits per heavy atom. The highest BCUT2D eigenvalue weighted by Gasteiger charge is 2.28. The molecule has 0 aromatic heterocycles. The van der Waals surface area contributed by atoms with E-state index in [9.17, 15) is 8.42 Å². The van der Waals surface area contributed by atoms with Crippen molar-refractivity contribution >= 4 is 10.0 Å². The number of sulfonamides is 1. The fourth-order valence-corrected chi connectivity index (χ4v) is 2.02. The molecule has 0 aliphatic heterocycles. The highest BCUT2D eigenvalue weighted by molar-refractivity contribution is 7.89. The van der Waals surface area contributed by atoms with E-state index in [1.807, 2.05) is 6.92 Å². The number of nitrogens with one attached hydrogen (secondary N) is 1. The van der Waals surface area contributed by atoms with Crippen LogP contribution in [0.25, 0.3) is 0 Å². The molecule has 0 aromatic rings. The fraction of sp³-hybridized carbons (Fsp3) is 0.875. The van der Waals surface area contributed by atoms with Crippen LogP contribution in [-0.4, -0.2) is 20.7 Å². The standard InChI is InChI=1S/C8H14N2O2S/c1-7(8-2-3-8)6-10-13(11,12)5-4-9/h7-8,10H,2-3,5-6H2,1H3. The van der Waals surface area contributed by atoms with E-state index in [0.717, 1.165) is 0 Å². The Balaban J connectivity index is 2.28. The zero-order valence-corrected chi connectivity index (χ0v) is 8.47. The van der Waals surface area contributed by atoms with Crippen LogP contribution in [-0.2, 0) is 10.0 Å². The van der Waals surface area contributed by atoms with Gasteiger partial charge in [0.15, 0.2) is 5.75 Å². The minimum atomic E-state index is -3.34. The number of hydrogen-bond donors (Lipinski definition) is 1. The second kappa shape index (κ2) is 4.07. The highest BCUT2D eigenvalue weighted by Crippen LogP contribution is 2.36. The lowest BCUT2D eigenvalue weighted by Gasteiger charge is -2.09. The van der Waals surface area contributed by atoms with Gasteiger partial charge in [0.2, 0.25) is 10.0 Å². The number of rotatable bonds is 5. The van der Waals surface area contributed by atoms with Gasteiger partial charge in [0.25, 0.3) is 0 Å². The first kappa shape index (κ1) is 10.5. The van der Waals surface area contributed by atoms with E-state index in [4.69, 9.17) is 5.26 Å². The predicted octanol–water partition coefficient (Wildman–Crippen LogP) is 0.475. The molecule has 1 aliphatic carbocycles. The quantitative estimate of drug-likeness (QED) is 0.704. The van der Waals surface area contributed by atoms with Gasteiger partial charge in [-0.15, -0.1) is 0 Å². The van der Waals surface area contributed by atoms with Gasteiger partial charge in [0.05, 0.1) is 6.07 Å². The predicted molar refractivity (Wildman–Crippen MR) is 49.3 cm³/mol. The van der Waals surface area contributed by atoms with Crippen LogP contribution in [0.3, 0.4) is 0 Å². The van der Waals surface area contributed by atoms with Gasteiger partial charge in [-0.05, 0) is 24.7 Å². The Morgan fingerprint density at radius 3 is 2.69 bits per heavy atom. The Labute approximate surface area is 79.0 Å². The lowest BCUT2D eigenvalue weighted by atomic mass is 10.1. The zero-order chi connectivity index (χ0) is 9.90. The lowest BCUT2D eigenvalue weighted by Crippen LogP contribution is -2.30. The van der Waals surface area contributed by atoms with Gasteiger partial charge in [0.1, 0.15) is 0 Å². The van der Waals surface area contributed by atoms with Crippen molar-refractivity contribution < 1.29 is 8.42 Å². The molecule has 5 heteroatoms. The van der Waals surface area contributed by atoms with Crippen molar-refractivity contribution in [2.45, 2.75) is 19.8 Å². The summed E-state index contributed by atoms with van der Waals surface area (Å²) in [5, 5.41) is 8.22. The van der Waals surface area contributed by atoms with E-state index < -0.39 is 15.8 Å². The zero-order valence-electron chi connectivity index (χ0n) is 7.66. The molecule has 1 N–H and O–H groups in total. The summed E-state index contributed by atoms with van der Waals surface area (Å²) >= 11 is 0. The minimum Gasteiger partial charge on any atom is -0.214 e. The Morgan fingerprint density at radius 2 is 2.23 bits per heavy atom. The van der Waals surface area contributed by atoms with Crippen molar-refractivity contribution in [2.24, 2.45) is 11.8 Å². The van der Waals surface area contributed by atoms with E-state index >= 15 is 0 Å². The van der Waals surface area contributed by atoms with Gasteiger partial charge in [0, 0.05) is 6.54 Å². The molecule has 0 amide bonds. The van der Waals surface area contributed by atoms with Crippen LogP contribution in [0, 0.1) is 23.2 Å². The lowest BCUT2D eigenvalue weighted by molar-refractivity contribution is 0.492. The van der Waals surface area contributed by atoms with Crippen LogP contribution in [0.4, 0.5) is 0 Å². The largest absolute Gasteiger partial charge is 0.225 e. The maximum absolute atomic E-state index is 11.0. The van der Waals surface area contributed by atoms with Gasteiger partial charge >= 0.3 is 0 Å². The first-order chi connectivity index (χ1) is 6.05. The summed E-state index contributed by atoms with van der Waals surface area (Å²) < 4.78 is 24.5. The summed E-state index contributed by atoms with van der Waals surface area (Å²) in [6, 6.07) is 1.63. The minimum absolute atomic E-state index is 0.397. The summed E-state index contributed by atoms with van der Waals surface area (Å²) in [4.78, 5) is 0. The van der Waals surface area contributed by atoms with E-state index in [1.165, 1.54) is 12.8 Å². The molecular weight excluding hydrogens is 188 g/mol. The van der Waals surface area contributed by atoms with E-state index in [-0.39, 0.29) is 0 Å². The summed E-state index contributed by atoms with van der Waals surface area (Å²) in [7, 11) is -3.34. The van der Waals surface area contributed by atoms with Crippen molar-refractivity contribution in [3.8, 4) is 6.07 Å². The van der Waals surface area contributed by atoms with Crippen molar-refractivity contribution in [3.05, 3.63) is 0 Å². The molecule has 1 unspecified atom stereocenters. The molecule has 0 heterocycles.